The Hall–Kier alpha value is -1.89. The Balaban J connectivity index is 1.39. The summed E-state index contributed by atoms with van der Waals surface area (Å²) in [5.41, 5.74) is -0.159. The summed E-state index contributed by atoms with van der Waals surface area (Å²) < 4.78 is 29.6. The lowest BCUT2D eigenvalue weighted by Crippen LogP contribution is -2.60. The first-order chi connectivity index (χ1) is 13.3. The average molecular weight is 406 g/mol. The van der Waals surface area contributed by atoms with Crippen LogP contribution in [0.5, 0.6) is 0 Å². The fourth-order valence-electron chi connectivity index (χ4n) is 5.87. The molecule has 4 saturated carbocycles. The normalized spacial score (nSPS) is 30.8. The Labute approximate surface area is 165 Å². The van der Waals surface area contributed by atoms with Crippen molar-refractivity contribution in [2.75, 3.05) is 12.4 Å². The summed E-state index contributed by atoms with van der Waals surface area (Å²) in [4.78, 5) is 24.9. The lowest BCUT2D eigenvalue weighted by atomic mass is 9.53. The van der Waals surface area contributed by atoms with Gasteiger partial charge in [0.05, 0.1) is 16.2 Å². The zero-order chi connectivity index (χ0) is 19.9. The molecule has 4 fully saturated rings. The molecule has 0 saturated heterocycles. The van der Waals surface area contributed by atoms with Gasteiger partial charge in [-0.15, -0.1) is 0 Å². The summed E-state index contributed by atoms with van der Waals surface area (Å²) in [6, 6.07) is 5.96. The molecule has 4 aliphatic carbocycles. The van der Waals surface area contributed by atoms with Gasteiger partial charge in [-0.1, -0.05) is 19.1 Å². The standard InChI is InChI=1S/C21H27NO5S/c1-2-28(25,26)18-6-4-3-5-17(18)20(24)27-13-19(23)22-21-10-14-7-15(11-21)9-16(8-14)12-21/h3-6,14-16H,2,7-13H2,1H3,(H,22,23). The van der Waals surface area contributed by atoms with Crippen LogP contribution in [0.2, 0.25) is 0 Å². The highest BCUT2D eigenvalue weighted by Crippen LogP contribution is 2.55. The summed E-state index contributed by atoms with van der Waals surface area (Å²) in [7, 11) is -3.55. The van der Waals surface area contributed by atoms with Crippen LogP contribution in [0, 0.1) is 17.8 Å². The van der Waals surface area contributed by atoms with Crippen molar-refractivity contribution in [1.82, 2.24) is 5.32 Å². The van der Waals surface area contributed by atoms with E-state index in [-0.39, 0.29) is 34.3 Å². The van der Waals surface area contributed by atoms with Crippen molar-refractivity contribution in [3.63, 3.8) is 0 Å². The molecule has 1 aromatic rings. The van der Waals surface area contributed by atoms with Crippen molar-refractivity contribution in [3.8, 4) is 0 Å². The van der Waals surface area contributed by atoms with Crippen LogP contribution in [0.1, 0.15) is 55.8 Å². The van der Waals surface area contributed by atoms with Crippen LogP contribution in [0.15, 0.2) is 29.2 Å². The van der Waals surface area contributed by atoms with E-state index in [4.69, 9.17) is 4.74 Å². The lowest BCUT2D eigenvalue weighted by molar-refractivity contribution is -0.130. The van der Waals surface area contributed by atoms with E-state index in [1.807, 2.05) is 0 Å². The SMILES string of the molecule is CCS(=O)(=O)c1ccccc1C(=O)OCC(=O)NC12CC3CC(CC(C3)C1)C2. The first-order valence-electron chi connectivity index (χ1n) is 10.1. The number of esters is 1. The van der Waals surface area contributed by atoms with Crippen molar-refractivity contribution in [3.05, 3.63) is 29.8 Å². The van der Waals surface area contributed by atoms with Gasteiger partial charge in [-0.3, -0.25) is 4.79 Å². The summed E-state index contributed by atoms with van der Waals surface area (Å²) in [6.45, 7) is 1.14. The summed E-state index contributed by atoms with van der Waals surface area (Å²) in [5.74, 6) is 0.934. The Kier molecular flexibility index (Phi) is 4.98. The number of carbonyl (C=O) groups is 2. The molecule has 5 rings (SSSR count). The van der Waals surface area contributed by atoms with Gasteiger partial charge < -0.3 is 10.1 Å². The molecule has 0 atom stereocenters. The minimum atomic E-state index is -3.55. The summed E-state index contributed by atoms with van der Waals surface area (Å²) in [5, 5.41) is 3.15. The van der Waals surface area contributed by atoms with Gasteiger partial charge in [0.2, 0.25) is 0 Å². The zero-order valence-corrected chi connectivity index (χ0v) is 17.0. The van der Waals surface area contributed by atoms with Crippen LogP contribution in [-0.2, 0) is 19.4 Å². The highest BCUT2D eigenvalue weighted by Gasteiger charge is 2.51. The molecule has 1 aromatic carbocycles. The minimum Gasteiger partial charge on any atom is -0.452 e. The molecule has 0 spiro atoms. The molecule has 1 amide bonds. The number of ether oxygens (including phenoxy) is 1. The maximum atomic E-state index is 12.5. The average Bonchev–Trinajstić information content (AvgIpc) is 2.64. The molecule has 6 nitrogen and oxygen atoms in total. The topological polar surface area (TPSA) is 89.5 Å². The van der Waals surface area contributed by atoms with Gasteiger partial charge in [0.15, 0.2) is 16.4 Å². The Morgan fingerprint density at radius 1 is 1.07 bits per heavy atom. The molecule has 0 aliphatic heterocycles. The number of benzene rings is 1. The molecule has 0 aromatic heterocycles. The second-order valence-corrected chi connectivity index (χ2v) is 11.0. The van der Waals surface area contributed by atoms with E-state index in [9.17, 15) is 18.0 Å². The monoisotopic (exact) mass is 405 g/mol. The van der Waals surface area contributed by atoms with Gasteiger partial charge in [0.25, 0.3) is 5.91 Å². The number of nitrogens with one attached hydrogen (secondary N) is 1. The van der Waals surface area contributed by atoms with E-state index in [1.54, 1.807) is 12.1 Å². The largest absolute Gasteiger partial charge is 0.452 e. The van der Waals surface area contributed by atoms with Gasteiger partial charge in [-0.2, -0.15) is 0 Å². The molecule has 0 radical (unpaired) electrons. The first kappa shape index (κ1) is 19.4. The predicted molar refractivity (Wildman–Crippen MR) is 103 cm³/mol. The van der Waals surface area contributed by atoms with E-state index in [1.165, 1.54) is 38.3 Å². The van der Waals surface area contributed by atoms with E-state index in [0.717, 1.165) is 19.3 Å². The highest BCUT2D eigenvalue weighted by molar-refractivity contribution is 7.91. The second-order valence-electron chi connectivity index (χ2n) is 8.72. The smallest absolute Gasteiger partial charge is 0.339 e. The molecule has 1 N–H and O–H groups in total. The number of hydrogen-bond donors (Lipinski definition) is 1. The van der Waals surface area contributed by atoms with Crippen LogP contribution in [-0.4, -0.2) is 38.2 Å². The fraction of sp³-hybridized carbons (Fsp3) is 0.619. The number of hydrogen-bond acceptors (Lipinski definition) is 5. The Morgan fingerprint density at radius 2 is 1.64 bits per heavy atom. The van der Waals surface area contributed by atoms with Crippen LogP contribution in [0.3, 0.4) is 0 Å². The van der Waals surface area contributed by atoms with Crippen LogP contribution >= 0.6 is 0 Å². The third-order valence-corrected chi connectivity index (χ3v) is 8.39. The van der Waals surface area contributed by atoms with Gasteiger partial charge in [0, 0.05) is 5.54 Å². The van der Waals surface area contributed by atoms with Crippen molar-refractivity contribution in [1.29, 1.82) is 0 Å². The molecule has 4 aliphatic rings. The fourth-order valence-corrected chi connectivity index (χ4v) is 6.95. The van der Waals surface area contributed by atoms with E-state index < -0.39 is 15.8 Å². The van der Waals surface area contributed by atoms with Crippen molar-refractivity contribution in [2.45, 2.75) is 55.9 Å². The number of rotatable bonds is 6. The molecule has 0 unspecified atom stereocenters. The molecule has 0 heterocycles. The van der Waals surface area contributed by atoms with E-state index >= 15 is 0 Å². The third-order valence-electron chi connectivity index (χ3n) is 6.60. The van der Waals surface area contributed by atoms with E-state index in [2.05, 4.69) is 5.32 Å². The maximum Gasteiger partial charge on any atom is 0.339 e. The second kappa shape index (κ2) is 7.17. The van der Waals surface area contributed by atoms with E-state index in [0.29, 0.717) is 17.8 Å². The highest BCUT2D eigenvalue weighted by atomic mass is 32.2. The van der Waals surface area contributed by atoms with Crippen molar-refractivity contribution in [2.24, 2.45) is 17.8 Å². The van der Waals surface area contributed by atoms with Crippen molar-refractivity contribution < 1.29 is 22.7 Å². The van der Waals surface area contributed by atoms with Gasteiger partial charge >= 0.3 is 5.97 Å². The predicted octanol–water partition coefficient (Wildman–Crippen LogP) is 2.72. The summed E-state index contributed by atoms with van der Waals surface area (Å²) in [6.07, 6.45) is 6.93. The van der Waals surface area contributed by atoms with Gasteiger partial charge in [-0.05, 0) is 68.4 Å². The van der Waals surface area contributed by atoms with Crippen LogP contribution in [0.4, 0.5) is 0 Å². The summed E-state index contributed by atoms with van der Waals surface area (Å²) >= 11 is 0. The molecule has 4 bridgehead atoms. The third kappa shape index (κ3) is 3.69. The Bertz CT molecular complexity index is 857. The molecule has 7 heteroatoms. The molecular formula is C21H27NO5S. The number of amides is 1. The van der Waals surface area contributed by atoms with Gasteiger partial charge in [-0.25, -0.2) is 13.2 Å². The Morgan fingerprint density at radius 3 is 2.21 bits per heavy atom. The lowest BCUT2D eigenvalue weighted by Gasteiger charge is -2.56. The maximum absolute atomic E-state index is 12.5. The van der Waals surface area contributed by atoms with Crippen LogP contribution in [0.25, 0.3) is 0 Å². The first-order valence-corrected chi connectivity index (χ1v) is 11.8. The van der Waals surface area contributed by atoms with Gasteiger partial charge in [0.1, 0.15) is 0 Å². The quantitative estimate of drug-likeness (QED) is 0.735. The minimum absolute atomic E-state index is 0.0213. The number of sulfone groups is 1. The molecular weight excluding hydrogens is 378 g/mol. The molecule has 152 valence electrons. The molecule has 28 heavy (non-hydrogen) atoms. The van der Waals surface area contributed by atoms with Crippen molar-refractivity contribution >= 4 is 21.7 Å². The number of carbonyl (C=O) groups excluding carboxylic acids is 2. The van der Waals surface area contributed by atoms with Crippen LogP contribution < -0.4 is 5.32 Å². The zero-order valence-electron chi connectivity index (χ0n) is 16.1.